The molecule has 1 aromatic rings. The Kier molecular flexibility index (Phi) is 4.39. The molecule has 0 saturated heterocycles. The topological polar surface area (TPSA) is 29.5 Å². The van der Waals surface area contributed by atoms with Crippen LogP contribution in [-0.2, 0) is 11.2 Å². The van der Waals surface area contributed by atoms with E-state index >= 15 is 0 Å². The van der Waals surface area contributed by atoms with Gasteiger partial charge in [0, 0.05) is 13.1 Å². The van der Waals surface area contributed by atoms with Crippen LogP contribution in [0.15, 0.2) is 49.6 Å². The average Bonchev–Trinajstić information content (AvgIpc) is 2.46. The minimum atomic E-state index is -0.116. The van der Waals surface area contributed by atoms with Crippen LogP contribution in [-0.4, -0.2) is 30.5 Å². The number of ether oxygens (including phenoxy) is 1. The van der Waals surface area contributed by atoms with Crippen molar-refractivity contribution in [3.8, 4) is 5.75 Å². The van der Waals surface area contributed by atoms with Gasteiger partial charge in [0.05, 0.1) is 5.92 Å². The third-order valence-corrected chi connectivity index (χ3v) is 3.24. The van der Waals surface area contributed by atoms with E-state index in [1.165, 1.54) is 0 Å². The van der Waals surface area contributed by atoms with Gasteiger partial charge in [-0.25, -0.2) is 0 Å². The Hall–Kier alpha value is -2.03. The van der Waals surface area contributed by atoms with Crippen LogP contribution < -0.4 is 4.74 Å². The molecule has 0 bridgehead atoms. The maximum absolute atomic E-state index is 12.4. The number of fused-ring (bicyclic) bond motifs is 1. The molecule has 0 fully saturated rings. The van der Waals surface area contributed by atoms with E-state index in [0.717, 1.165) is 17.7 Å². The van der Waals surface area contributed by atoms with E-state index in [9.17, 15) is 4.79 Å². The Morgan fingerprint density at radius 2 is 2.00 bits per heavy atom. The molecule has 1 atom stereocenters. The molecule has 1 aromatic carbocycles. The van der Waals surface area contributed by atoms with Gasteiger partial charge in [-0.05, 0) is 18.1 Å². The van der Waals surface area contributed by atoms with Gasteiger partial charge in [-0.3, -0.25) is 4.79 Å². The van der Waals surface area contributed by atoms with Gasteiger partial charge in [-0.15, -0.1) is 13.2 Å². The highest BCUT2D eigenvalue weighted by atomic mass is 16.5. The number of hydrogen-bond acceptors (Lipinski definition) is 2. The van der Waals surface area contributed by atoms with Crippen LogP contribution in [0.25, 0.3) is 0 Å². The summed E-state index contributed by atoms with van der Waals surface area (Å²) in [4.78, 5) is 14.2. The molecular formula is C16H19NO2. The fourth-order valence-electron chi connectivity index (χ4n) is 2.31. The number of para-hydroxylation sites is 1. The Morgan fingerprint density at radius 3 is 2.68 bits per heavy atom. The van der Waals surface area contributed by atoms with Gasteiger partial charge in [0.1, 0.15) is 12.4 Å². The van der Waals surface area contributed by atoms with Crippen LogP contribution >= 0.6 is 0 Å². The van der Waals surface area contributed by atoms with E-state index in [4.69, 9.17) is 4.74 Å². The average molecular weight is 257 g/mol. The lowest BCUT2D eigenvalue weighted by molar-refractivity contribution is -0.135. The molecule has 1 amide bonds. The number of benzene rings is 1. The van der Waals surface area contributed by atoms with Crippen LogP contribution in [0.2, 0.25) is 0 Å². The molecule has 3 nitrogen and oxygen atoms in total. The van der Waals surface area contributed by atoms with Gasteiger partial charge in [0.25, 0.3) is 0 Å². The van der Waals surface area contributed by atoms with Crippen molar-refractivity contribution < 1.29 is 9.53 Å². The highest BCUT2D eigenvalue weighted by Gasteiger charge is 2.28. The van der Waals surface area contributed by atoms with Gasteiger partial charge in [0.2, 0.25) is 5.91 Å². The van der Waals surface area contributed by atoms with E-state index in [0.29, 0.717) is 19.7 Å². The van der Waals surface area contributed by atoms with Crippen LogP contribution in [0.4, 0.5) is 0 Å². The summed E-state index contributed by atoms with van der Waals surface area (Å²) in [6.07, 6.45) is 4.21. The number of carbonyl (C=O) groups excluding carboxylic acids is 1. The smallest absolute Gasteiger partial charge is 0.230 e. The first-order valence-electron chi connectivity index (χ1n) is 6.47. The fraction of sp³-hybridized carbons (Fsp3) is 0.312. The SMILES string of the molecule is C=CCN(CC=C)C(=O)C1COc2ccccc2C1. The zero-order valence-corrected chi connectivity index (χ0v) is 11.0. The van der Waals surface area contributed by atoms with Crippen molar-refractivity contribution in [2.75, 3.05) is 19.7 Å². The minimum Gasteiger partial charge on any atom is -0.492 e. The van der Waals surface area contributed by atoms with E-state index < -0.39 is 0 Å². The molecule has 0 saturated carbocycles. The predicted octanol–water partition coefficient (Wildman–Crippen LogP) is 2.44. The first-order chi connectivity index (χ1) is 9.26. The Balaban J connectivity index is 2.08. The first-order valence-corrected chi connectivity index (χ1v) is 6.47. The summed E-state index contributed by atoms with van der Waals surface area (Å²) < 4.78 is 5.66. The highest BCUT2D eigenvalue weighted by molar-refractivity contribution is 5.80. The zero-order chi connectivity index (χ0) is 13.7. The number of carbonyl (C=O) groups is 1. The molecule has 1 heterocycles. The second-order valence-corrected chi connectivity index (χ2v) is 4.64. The molecule has 0 N–H and O–H groups in total. The van der Waals surface area contributed by atoms with Crippen molar-refractivity contribution in [2.24, 2.45) is 5.92 Å². The Morgan fingerprint density at radius 1 is 1.32 bits per heavy atom. The van der Waals surface area contributed by atoms with E-state index in [1.807, 2.05) is 24.3 Å². The molecule has 2 rings (SSSR count). The van der Waals surface area contributed by atoms with Gasteiger partial charge in [-0.1, -0.05) is 30.4 Å². The quantitative estimate of drug-likeness (QED) is 0.758. The van der Waals surface area contributed by atoms with Crippen molar-refractivity contribution in [3.63, 3.8) is 0 Å². The Labute approximate surface area is 114 Å². The third kappa shape index (κ3) is 3.05. The molecule has 19 heavy (non-hydrogen) atoms. The van der Waals surface area contributed by atoms with Crippen molar-refractivity contribution >= 4 is 5.91 Å². The summed E-state index contributed by atoms with van der Waals surface area (Å²) in [7, 11) is 0. The monoisotopic (exact) mass is 257 g/mol. The summed E-state index contributed by atoms with van der Waals surface area (Å²) in [5.41, 5.74) is 1.10. The summed E-state index contributed by atoms with van der Waals surface area (Å²) >= 11 is 0. The zero-order valence-electron chi connectivity index (χ0n) is 11.0. The number of amides is 1. The van der Waals surface area contributed by atoms with E-state index in [-0.39, 0.29) is 11.8 Å². The molecule has 0 radical (unpaired) electrons. The predicted molar refractivity (Wildman–Crippen MR) is 76.1 cm³/mol. The molecule has 3 heteroatoms. The van der Waals surface area contributed by atoms with Crippen molar-refractivity contribution in [1.82, 2.24) is 4.90 Å². The number of nitrogens with zero attached hydrogens (tertiary/aromatic N) is 1. The molecule has 0 aliphatic carbocycles. The number of rotatable bonds is 5. The maximum atomic E-state index is 12.4. The first kappa shape index (κ1) is 13.4. The molecular weight excluding hydrogens is 238 g/mol. The number of hydrogen-bond donors (Lipinski definition) is 0. The maximum Gasteiger partial charge on any atom is 0.230 e. The molecule has 1 unspecified atom stereocenters. The molecule has 1 aliphatic rings. The largest absolute Gasteiger partial charge is 0.492 e. The van der Waals surface area contributed by atoms with Crippen LogP contribution in [0.3, 0.4) is 0 Å². The Bertz CT molecular complexity index is 471. The van der Waals surface area contributed by atoms with Crippen molar-refractivity contribution in [1.29, 1.82) is 0 Å². The second-order valence-electron chi connectivity index (χ2n) is 4.64. The summed E-state index contributed by atoms with van der Waals surface area (Å²) in [5, 5.41) is 0. The van der Waals surface area contributed by atoms with Gasteiger partial charge in [0.15, 0.2) is 0 Å². The lowest BCUT2D eigenvalue weighted by Gasteiger charge is -2.29. The van der Waals surface area contributed by atoms with Crippen molar-refractivity contribution in [3.05, 3.63) is 55.1 Å². The fourth-order valence-corrected chi connectivity index (χ4v) is 2.31. The standard InChI is InChI=1S/C16H19NO2/c1-3-9-17(10-4-2)16(18)14-11-13-7-5-6-8-15(13)19-12-14/h3-8,14H,1-2,9-12H2. The summed E-state index contributed by atoms with van der Waals surface area (Å²) in [6, 6.07) is 7.88. The molecule has 0 spiro atoms. The summed E-state index contributed by atoms with van der Waals surface area (Å²) in [6.45, 7) is 8.91. The van der Waals surface area contributed by atoms with Crippen LogP contribution in [0.5, 0.6) is 5.75 Å². The van der Waals surface area contributed by atoms with Gasteiger partial charge in [-0.2, -0.15) is 0 Å². The molecule has 100 valence electrons. The highest BCUT2D eigenvalue weighted by Crippen LogP contribution is 2.27. The second kappa shape index (κ2) is 6.23. The minimum absolute atomic E-state index is 0.106. The van der Waals surface area contributed by atoms with Gasteiger partial charge >= 0.3 is 0 Å². The van der Waals surface area contributed by atoms with E-state index in [1.54, 1.807) is 17.1 Å². The third-order valence-electron chi connectivity index (χ3n) is 3.24. The van der Waals surface area contributed by atoms with E-state index in [2.05, 4.69) is 13.2 Å². The molecule has 0 aromatic heterocycles. The lowest BCUT2D eigenvalue weighted by atomic mass is 9.95. The van der Waals surface area contributed by atoms with Gasteiger partial charge < -0.3 is 9.64 Å². The van der Waals surface area contributed by atoms with Crippen LogP contribution in [0, 0.1) is 5.92 Å². The van der Waals surface area contributed by atoms with Crippen molar-refractivity contribution in [2.45, 2.75) is 6.42 Å². The normalized spacial score (nSPS) is 16.9. The molecule has 1 aliphatic heterocycles. The lowest BCUT2D eigenvalue weighted by Crippen LogP contribution is -2.41. The van der Waals surface area contributed by atoms with Crippen LogP contribution in [0.1, 0.15) is 5.56 Å². The summed E-state index contributed by atoms with van der Waals surface area (Å²) in [5.74, 6) is 0.884.